The number of imide groups is 1. The molecule has 1 aliphatic rings. The minimum atomic E-state index is -1.14. The van der Waals surface area contributed by atoms with Crippen molar-refractivity contribution in [2.45, 2.75) is 12.5 Å². The summed E-state index contributed by atoms with van der Waals surface area (Å²) in [6.07, 6.45) is 2.11. The lowest BCUT2D eigenvalue weighted by Gasteiger charge is -2.16. The molecular formula is C10H15N3O5S. The smallest absolute Gasteiger partial charge is 0.326 e. The fraction of sp³-hybridized carbons (Fsp3) is 0.600. The van der Waals surface area contributed by atoms with Crippen molar-refractivity contribution < 1.29 is 24.3 Å². The molecule has 0 aromatic carbocycles. The van der Waals surface area contributed by atoms with E-state index in [4.69, 9.17) is 5.11 Å². The number of carbonyl (C=O) groups excluding carboxylic acids is 3. The number of urea groups is 1. The molecule has 19 heavy (non-hydrogen) atoms. The Balaban J connectivity index is 2.50. The number of nitrogens with zero attached hydrogens (tertiary/aromatic N) is 1. The predicted octanol–water partition coefficient (Wildman–Crippen LogP) is -1.14. The quantitative estimate of drug-likeness (QED) is 0.510. The monoisotopic (exact) mass is 289 g/mol. The van der Waals surface area contributed by atoms with Gasteiger partial charge in [0.05, 0.1) is 6.54 Å². The molecule has 9 heteroatoms. The second-order valence-electron chi connectivity index (χ2n) is 3.88. The first-order chi connectivity index (χ1) is 8.95. The molecule has 1 fully saturated rings. The summed E-state index contributed by atoms with van der Waals surface area (Å²) < 4.78 is 0. The SMILES string of the molecule is CSCCC(NC(=O)CN1C(=O)CNC1=O)C(=O)O. The summed E-state index contributed by atoms with van der Waals surface area (Å²) in [6.45, 7) is -0.603. The van der Waals surface area contributed by atoms with Gasteiger partial charge in [0.25, 0.3) is 5.91 Å². The third-order valence-electron chi connectivity index (χ3n) is 2.48. The van der Waals surface area contributed by atoms with Crippen LogP contribution in [0.15, 0.2) is 0 Å². The number of hydrogen-bond donors (Lipinski definition) is 3. The zero-order valence-electron chi connectivity index (χ0n) is 10.3. The van der Waals surface area contributed by atoms with Gasteiger partial charge in [-0.2, -0.15) is 11.8 Å². The average Bonchev–Trinajstić information content (AvgIpc) is 2.66. The minimum absolute atomic E-state index is 0.138. The summed E-state index contributed by atoms with van der Waals surface area (Å²) >= 11 is 1.46. The number of thioether (sulfide) groups is 1. The molecule has 1 unspecified atom stereocenters. The molecule has 0 saturated carbocycles. The zero-order valence-corrected chi connectivity index (χ0v) is 11.2. The van der Waals surface area contributed by atoms with Gasteiger partial charge in [0.1, 0.15) is 12.6 Å². The van der Waals surface area contributed by atoms with Crippen LogP contribution < -0.4 is 10.6 Å². The van der Waals surface area contributed by atoms with Gasteiger partial charge in [0, 0.05) is 0 Å². The van der Waals surface area contributed by atoms with Crippen LogP contribution in [-0.2, 0) is 14.4 Å². The van der Waals surface area contributed by atoms with Crippen molar-refractivity contribution >= 4 is 35.6 Å². The van der Waals surface area contributed by atoms with Crippen LogP contribution in [0.2, 0.25) is 0 Å². The van der Waals surface area contributed by atoms with E-state index in [2.05, 4.69) is 10.6 Å². The Kier molecular flexibility index (Phi) is 5.61. The normalized spacial score (nSPS) is 16.2. The van der Waals surface area contributed by atoms with E-state index in [1.54, 1.807) is 0 Å². The van der Waals surface area contributed by atoms with Gasteiger partial charge in [-0.05, 0) is 18.4 Å². The highest BCUT2D eigenvalue weighted by atomic mass is 32.2. The zero-order chi connectivity index (χ0) is 14.4. The lowest BCUT2D eigenvalue weighted by atomic mass is 10.2. The number of amides is 4. The first-order valence-corrected chi connectivity index (χ1v) is 6.94. The third-order valence-corrected chi connectivity index (χ3v) is 3.13. The van der Waals surface area contributed by atoms with Crippen LogP contribution in [0.4, 0.5) is 4.79 Å². The van der Waals surface area contributed by atoms with Crippen molar-refractivity contribution in [3.63, 3.8) is 0 Å². The van der Waals surface area contributed by atoms with Crippen LogP contribution in [0, 0.1) is 0 Å². The van der Waals surface area contributed by atoms with E-state index in [9.17, 15) is 19.2 Å². The standard InChI is InChI=1S/C10H15N3O5S/c1-19-3-2-6(9(16)17)12-7(14)5-13-8(15)4-11-10(13)18/h6H,2-5H2,1H3,(H,11,18)(H,12,14)(H,16,17). The first-order valence-electron chi connectivity index (χ1n) is 5.55. The van der Waals surface area contributed by atoms with Gasteiger partial charge >= 0.3 is 12.0 Å². The maximum atomic E-state index is 11.6. The van der Waals surface area contributed by atoms with E-state index in [-0.39, 0.29) is 13.0 Å². The van der Waals surface area contributed by atoms with E-state index < -0.39 is 36.4 Å². The minimum Gasteiger partial charge on any atom is -0.480 e. The topological polar surface area (TPSA) is 116 Å². The number of hydrogen-bond acceptors (Lipinski definition) is 5. The van der Waals surface area contributed by atoms with E-state index in [0.717, 1.165) is 4.90 Å². The summed E-state index contributed by atoms with van der Waals surface area (Å²) in [7, 11) is 0. The van der Waals surface area contributed by atoms with E-state index >= 15 is 0 Å². The van der Waals surface area contributed by atoms with Crippen molar-refractivity contribution in [3.8, 4) is 0 Å². The van der Waals surface area contributed by atoms with E-state index in [1.807, 2.05) is 6.26 Å². The Hall–Kier alpha value is -1.77. The second kappa shape index (κ2) is 6.98. The predicted molar refractivity (Wildman–Crippen MR) is 67.7 cm³/mol. The van der Waals surface area contributed by atoms with Crippen molar-refractivity contribution in [3.05, 3.63) is 0 Å². The fourth-order valence-electron chi connectivity index (χ4n) is 1.49. The lowest BCUT2D eigenvalue weighted by Crippen LogP contribution is -2.47. The molecule has 8 nitrogen and oxygen atoms in total. The second-order valence-corrected chi connectivity index (χ2v) is 4.86. The van der Waals surface area contributed by atoms with Crippen molar-refractivity contribution in [1.82, 2.24) is 15.5 Å². The van der Waals surface area contributed by atoms with Crippen molar-refractivity contribution in [1.29, 1.82) is 0 Å². The highest BCUT2D eigenvalue weighted by Gasteiger charge is 2.31. The Morgan fingerprint density at radius 1 is 1.53 bits per heavy atom. The first kappa shape index (κ1) is 15.3. The summed E-state index contributed by atoms with van der Waals surface area (Å²) in [5, 5.41) is 13.5. The highest BCUT2D eigenvalue weighted by molar-refractivity contribution is 7.98. The number of aliphatic carboxylic acids is 1. The van der Waals surface area contributed by atoms with Gasteiger partial charge in [0.15, 0.2) is 0 Å². The van der Waals surface area contributed by atoms with Crippen LogP contribution in [0.1, 0.15) is 6.42 Å². The van der Waals surface area contributed by atoms with Crippen molar-refractivity contribution in [2.24, 2.45) is 0 Å². The Labute approximate surface area is 113 Å². The van der Waals surface area contributed by atoms with Crippen LogP contribution in [-0.4, -0.2) is 65.0 Å². The van der Waals surface area contributed by atoms with Gasteiger partial charge in [-0.25, -0.2) is 9.59 Å². The van der Waals surface area contributed by atoms with E-state index in [0.29, 0.717) is 5.75 Å². The summed E-state index contributed by atoms with van der Waals surface area (Å²) in [4.78, 5) is 45.7. The molecule has 106 valence electrons. The van der Waals surface area contributed by atoms with Crippen LogP contribution >= 0.6 is 11.8 Å². The molecule has 1 saturated heterocycles. The summed E-state index contributed by atoms with van der Waals surface area (Å²) in [5.74, 6) is -1.73. The highest BCUT2D eigenvalue weighted by Crippen LogP contribution is 2.02. The Morgan fingerprint density at radius 2 is 2.21 bits per heavy atom. The molecule has 1 heterocycles. The molecule has 0 radical (unpaired) electrons. The Morgan fingerprint density at radius 3 is 2.68 bits per heavy atom. The number of carboxylic acid groups (broad SMARTS) is 1. The molecule has 1 aliphatic heterocycles. The van der Waals surface area contributed by atoms with Gasteiger partial charge in [-0.3, -0.25) is 14.5 Å². The number of nitrogens with one attached hydrogen (secondary N) is 2. The number of carbonyl (C=O) groups is 4. The average molecular weight is 289 g/mol. The molecule has 0 aliphatic carbocycles. The molecule has 0 spiro atoms. The lowest BCUT2D eigenvalue weighted by molar-refractivity contribution is -0.142. The molecular weight excluding hydrogens is 274 g/mol. The Bertz CT molecular complexity index is 385. The van der Waals surface area contributed by atoms with Crippen LogP contribution in [0.5, 0.6) is 0 Å². The molecule has 0 bridgehead atoms. The molecule has 0 aromatic rings. The van der Waals surface area contributed by atoms with Crippen LogP contribution in [0.3, 0.4) is 0 Å². The molecule has 3 N–H and O–H groups in total. The number of rotatable bonds is 7. The van der Waals surface area contributed by atoms with Gasteiger partial charge in [-0.15, -0.1) is 0 Å². The fourth-order valence-corrected chi connectivity index (χ4v) is 1.96. The molecule has 1 rings (SSSR count). The molecule has 0 aromatic heterocycles. The number of carboxylic acids is 1. The van der Waals surface area contributed by atoms with Crippen LogP contribution in [0.25, 0.3) is 0 Å². The maximum absolute atomic E-state index is 11.6. The van der Waals surface area contributed by atoms with E-state index in [1.165, 1.54) is 11.8 Å². The summed E-state index contributed by atoms with van der Waals surface area (Å²) in [5.41, 5.74) is 0. The maximum Gasteiger partial charge on any atom is 0.326 e. The third kappa shape index (κ3) is 4.43. The van der Waals surface area contributed by atoms with Gasteiger partial charge in [0.2, 0.25) is 5.91 Å². The van der Waals surface area contributed by atoms with Crippen molar-refractivity contribution in [2.75, 3.05) is 25.1 Å². The van der Waals surface area contributed by atoms with Gasteiger partial charge in [-0.1, -0.05) is 0 Å². The van der Waals surface area contributed by atoms with Gasteiger partial charge < -0.3 is 15.7 Å². The molecule has 4 amide bonds. The summed E-state index contributed by atoms with van der Waals surface area (Å²) in [6, 6.07) is -1.66. The molecule has 1 atom stereocenters. The largest absolute Gasteiger partial charge is 0.480 e.